The minimum Gasteiger partial charge on any atom is -0.383 e. The molecule has 7 nitrogen and oxygen atoms in total. The van der Waals surface area contributed by atoms with Crippen LogP contribution < -0.4 is 0 Å². The smallest absolute Gasteiger partial charge is 0.265 e. The number of amides is 4. The molecule has 1 aromatic rings. The number of carbonyl (C=O) groups is 4. The predicted octanol–water partition coefficient (Wildman–Crippen LogP) is 0.586. The molecule has 24 heavy (non-hydrogen) atoms. The number of ether oxygens (including phenoxy) is 1. The van der Waals surface area contributed by atoms with E-state index in [9.17, 15) is 23.6 Å². The number of hydrogen-bond acceptors (Lipinski definition) is 5. The van der Waals surface area contributed by atoms with E-state index in [-0.39, 0.29) is 43.0 Å². The van der Waals surface area contributed by atoms with Crippen LogP contribution in [0.2, 0.25) is 0 Å². The zero-order chi connectivity index (χ0) is 17.4. The lowest BCUT2D eigenvalue weighted by atomic mass is 10.0. The van der Waals surface area contributed by atoms with Crippen LogP contribution in [-0.4, -0.2) is 59.7 Å². The van der Waals surface area contributed by atoms with Gasteiger partial charge in [-0.05, 0) is 18.6 Å². The molecule has 0 radical (unpaired) electrons. The van der Waals surface area contributed by atoms with Gasteiger partial charge in [0.1, 0.15) is 11.9 Å². The van der Waals surface area contributed by atoms with E-state index >= 15 is 0 Å². The standard InChI is InChI=1S/C16H15FN2O5/c1-24-8-7-18-12(20)6-5-11(15(18)22)19-14(21)9-3-2-4-10(17)13(9)16(19)23/h2-4,11H,5-8H2,1H3. The maximum absolute atomic E-state index is 13.9. The summed E-state index contributed by atoms with van der Waals surface area (Å²) in [6.45, 7) is 0.198. The fourth-order valence-corrected chi connectivity index (χ4v) is 3.02. The average Bonchev–Trinajstić information content (AvgIpc) is 2.81. The Bertz CT molecular complexity index is 748. The van der Waals surface area contributed by atoms with Gasteiger partial charge in [-0.25, -0.2) is 4.39 Å². The minimum atomic E-state index is -1.11. The first kappa shape index (κ1) is 16.3. The normalized spacial score (nSPS) is 20.8. The van der Waals surface area contributed by atoms with Gasteiger partial charge in [0, 0.05) is 13.5 Å². The van der Waals surface area contributed by atoms with E-state index < -0.39 is 29.6 Å². The molecule has 1 atom stereocenters. The van der Waals surface area contributed by atoms with Crippen molar-refractivity contribution in [1.29, 1.82) is 0 Å². The summed E-state index contributed by atoms with van der Waals surface area (Å²) in [7, 11) is 1.43. The second kappa shape index (κ2) is 6.12. The van der Waals surface area contributed by atoms with Crippen molar-refractivity contribution in [1.82, 2.24) is 9.80 Å². The molecule has 0 spiro atoms. The van der Waals surface area contributed by atoms with Crippen LogP contribution in [0.4, 0.5) is 4.39 Å². The quantitative estimate of drug-likeness (QED) is 0.752. The molecular weight excluding hydrogens is 319 g/mol. The highest BCUT2D eigenvalue weighted by Gasteiger charge is 2.47. The predicted molar refractivity (Wildman–Crippen MR) is 78.5 cm³/mol. The highest BCUT2D eigenvalue weighted by atomic mass is 19.1. The molecule has 0 bridgehead atoms. The summed E-state index contributed by atoms with van der Waals surface area (Å²) in [5.74, 6) is -3.38. The summed E-state index contributed by atoms with van der Waals surface area (Å²) < 4.78 is 18.8. The van der Waals surface area contributed by atoms with Gasteiger partial charge in [-0.15, -0.1) is 0 Å². The van der Waals surface area contributed by atoms with Gasteiger partial charge < -0.3 is 4.74 Å². The monoisotopic (exact) mass is 334 g/mol. The lowest BCUT2D eigenvalue weighted by molar-refractivity contribution is -0.152. The first-order valence-corrected chi connectivity index (χ1v) is 7.47. The second-order valence-corrected chi connectivity index (χ2v) is 5.57. The summed E-state index contributed by atoms with van der Waals surface area (Å²) in [6.07, 6.45) is 0.0598. The molecule has 8 heteroatoms. The second-order valence-electron chi connectivity index (χ2n) is 5.57. The largest absolute Gasteiger partial charge is 0.383 e. The molecule has 0 aromatic heterocycles. The molecule has 2 aliphatic rings. The van der Waals surface area contributed by atoms with Crippen LogP contribution in [0, 0.1) is 5.82 Å². The van der Waals surface area contributed by atoms with Crippen LogP contribution in [0.5, 0.6) is 0 Å². The van der Waals surface area contributed by atoms with E-state index in [1.165, 1.54) is 19.2 Å². The lowest BCUT2D eigenvalue weighted by Gasteiger charge is -2.34. The molecular formula is C16H15FN2O5. The Morgan fingerprint density at radius 1 is 1.21 bits per heavy atom. The third-order valence-corrected chi connectivity index (χ3v) is 4.21. The highest BCUT2D eigenvalue weighted by Crippen LogP contribution is 2.30. The van der Waals surface area contributed by atoms with Crippen LogP contribution in [0.3, 0.4) is 0 Å². The number of benzene rings is 1. The van der Waals surface area contributed by atoms with E-state index in [0.29, 0.717) is 0 Å². The average molecular weight is 334 g/mol. The van der Waals surface area contributed by atoms with E-state index in [0.717, 1.165) is 15.9 Å². The Morgan fingerprint density at radius 2 is 1.96 bits per heavy atom. The van der Waals surface area contributed by atoms with Gasteiger partial charge in [0.05, 0.1) is 24.3 Å². The number of carbonyl (C=O) groups excluding carboxylic acids is 4. The van der Waals surface area contributed by atoms with E-state index in [4.69, 9.17) is 4.74 Å². The highest BCUT2D eigenvalue weighted by molar-refractivity contribution is 6.23. The molecule has 1 unspecified atom stereocenters. The van der Waals surface area contributed by atoms with Crippen molar-refractivity contribution in [3.63, 3.8) is 0 Å². The molecule has 1 aromatic carbocycles. The third kappa shape index (κ3) is 2.39. The molecule has 1 fully saturated rings. The molecule has 0 aliphatic carbocycles. The van der Waals surface area contributed by atoms with Gasteiger partial charge in [0.25, 0.3) is 17.7 Å². The third-order valence-electron chi connectivity index (χ3n) is 4.21. The van der Waals surface area contributed by atoms with Crippen molar-refractivity contribution in [3.05, 3.63) is 35.1 Å². The molecule has 0 saturated carbocycles. The van der Waals surface area contributed by atoms with Crippen molar-refractivity contribution in [3.8, 4) is 0 Å². The fourth-order valence-electron chi connectivity index (χ4n) is 3.02. The zero-order valence-electron chi connectivity index (χ0n) is 13.0. The number of imide groups is 2. The van der Waals surface area contributed by atoms with Crippen molar-refractivity contribution >= 4 is 23.6 Å². The van der Waals surface area contributed by atoms with Crippen molar-refractivity contribution < 1.29 is 28.3 Å². The molecule has 2 heterocycles. The van der Waals surface area contributed by atoms with Crippen LogP contribution in [-0.2, 0) is 14.3 Å². The number of methoxy groups -OCH3 is 1. The summed E-state index contributed by atoms with van der Waals surface area (Å²) in [5.41, 5.74) is -0.385. The molecule has 4 amide bonds. The van der Waals surface area contributed by atoms with Crippen molar-refractivity contribution in [2.75, 3.05) is 20.3 Å². The molecule has 1 saturated heterocycles. The number of nitrogens with zero attached hydrogens (tertiary/aromatic N) is 2. The summed E-state index contributed by atoms with van der Waals surface area (Å²) in [6, 6.07) is 2.66. The number of halogens is 1. The SMILES string of the molecule is COCCN1C(=O)CCC(N2C(=O)c3cccc(F)c3C2=O)C1=O. The number of likely N-dealkylation sites (tertiary alicyclic amines) is 1. The van der Waals surface area contributed by atoms with Gasteiger partial charge in [-0.1, -0.05) is 6.07 Å². The fraction of sp³-hybridized carbons (Fsp3) is 0.375. The Labute approximate surface area is 137 Å². The maximum atomic E-state index is 13.9. The summed E-state index contributed by atoms with van der Waals surface area (Å²) in [5, 5.41) is 0. The molecule has 2 aliphatic heterocycles. The van der Waals surface area contributed by atoms with Gasteiger partial charge in [-0.3, -0.25) is 29.0 Å². The molecule has 3 rings (SSSR count). The Hall–Kier alpha value is -2.61. The van der Waals surface area contributed by atoms with Gasteiger partial charge in [0.15, 0.2) is 0 Å². The van der Waals surface area contributed by atoms with Gasteiger partial charge in [0.2, 0.25) is 5.91 Å². The van der Waals surface area contributed by atoms with Gasteiger partial charge >= 0.3 is 0 Å². The Kier molecular flexibility index (Phi) is 4.15. The van der Waals surface area contributed by atoms with E-state index in [1.54, 1.807) is 0 Å². The number of fused-ring (bicyclic) bond motifs is 1. The van der Waals surface area contributed by atoms with Crippen LogP contribution in [0.15, 0.2) is 18.2 Å². The zero-order valence-corrected chi connectivity index (χ0v) is 13.0. The van der Waals surface area contributed by atoms with E-state index in [2.05, 4.69) is 0 Å². The topological polar surface area (TPSA) is 84.0 Å². The summed E-state index contributed by atoms with van der Waals surface area (Å²) in [4.78, 5) is 51.1. The van der Waals surface area contributed by atoms with Crippen molar-refractivity contribution in [2.45, 2.75) is 18.9 Å². The first-order valence-electron chi connectivity index (χ1n) is 7.47. The number of piperidine rings is 1. The van der Waals surface area contributed by atoms with Gasteiger partial charge in [-0.2, -0.15) is 0 Å². The van der Waals surface area contributed by atoms with Crippen LogP contribution >= 0.6 is 0 Å². The Morgan fingerprint density at radius 3 is 2.62 bits per heavy atom. The first-order chi connectivity index (χ1) is 11.5. The lowest BCUT2D eigenvalue weighted by Crippen LogP contribution is -2.56. The van der Waals surface area contributed by atoms with Crippen LogP contribution in [0.25, 0.3) is 0 Å². The Balaban J connectivity index is 1.91. The molecule has 0 N–H and O–H groups in total. The van der Waals surface area contributed by atoms with E-state index in [1.807, 2.05) is 0 Å². The maximum Gasteiger partial charge on any atom is 0.265 e. The minimum absolute atomic E-state index is 0.0238. The van der Waals surface area contributed by atoms with Crippen molar-refractivity contribution in [2.24, 2.45) is 0 Å². The summed E-state index contributed by atoms with van der Waals surface area (Å²) >= 11 is 0. The molecule has 126 valence electrons. The number of rotatable bonds is 4. The number of hydrogen-bond donors (Lipinski definition) is 0. The van der Waals surface area contributed by atoms with Crippen LogP contribution in [0.1, 0.15) is 33.6 Å².